The normalized spacial score (nSPS) is 26.2. The first-order valence-electron chi connectivity index (χ1n) is 5.09. The molecule has 0 atom stereocenters. The zero-order valence-corrected chi connectivity index (χ0v) is 10.7. The molecule has 15 heavy (non-hydrogen) atoms. The Kier molecular flexibility index (Phi) is 3.75. The number of rotatable bonds is 2. The quantitative estimate of drug-likeness (QED) is 0.850. The molecule has 1 saturated carbocycles. The Morgan fingerprint density at radius 2 is 2.20 bits per heavy atom. The van der Waals surface area contributed by atoms with Crippen molar-refractivity contribution in [3.8, 4) is 0 Å². The van der Waals surface area contributed by atoms with Crippen molar-refractivity contribution in [2.24, 2.45) is 0 Å². The summed E-state index contributed by atoms with van der Waals surface area (Å²) in [6, 6.07) is 0.341. The van der Waals surface area contributed by atoms with Crippen LogP contribution in [0, 0.1) is 0 Å². The first-order chi connectivity index (χ1) is 7.25. The van der Waals surface area contributed by atoms with Crippen molar-refractivity contribution in [2.75, 3.05) is 0 Å². The number of hydrogen-bond donors (Lipinski definition) is 1. The Balaban J connectivity index is 1.85. The number of thiazole rings is 1. The van der Waals surface area contributed by atoms with Crippen LogP contribution in [0.3, 0.4) is 0 Å². The standard InChI is InChI=1S/C10H13BrN2OS/c11-7-1-3-8(4-2-7)13-10(14)9-5-12-6-15-9/h5-8H,1-4H2,(H,13,14). The summed E-state index contributed by atoms with van der Waals surface area (Å²) in [5.41, 5.74) is 1.68. The lowest BCUT2D eigenvalue weighted by molar-refractivity contribution is 0.0932. The van der Waals surface area contributed by atoms with Crippen LogP contribution in [0.5, 0.6) is 0 Å². The Morgan fingerprint density at radius 3 is 2.80 bits per heavy atom. The third-order valence-electron chi connectivity index (χ3n) is 2.65. The molecule has 1 N–H and O–H groups in total. The average Bonchev–Trinajstić information content (AvgIpc) is 2.74. The molecular weight excluding hydrogens is 276 g/mol. The second-order valence-corrected chi connectivity index (χ2v) is 5.97. The molecule has 3 nitrogen and oxygen atoms in total. The summed E-state index contributed by atoms with van der Waals surface area (Å²) >= 11 is 4.99. The van der Waals surface area contributed by atoms with E-state index in [2.05, 4.69) is 26.2 Å². The lowest BCUT2D eigenvalue weighted by Gasteiger charge is -2.25. The number of carbonyl (C=O) groups excluding carboxylic acids is 1. The molecule has 1 heterocycles. The molecule has 0 saturated heterocycles. The lowest BCUT2D eigenvalue weighted by atomic mass is 9.95. The molecule has 0 spiro atoms. The SMILES string of the molecule is O=C(NC1CCC(Br)CC1)c1cncs1. The van der Waals surface area contributed by atoms with Crippen LogP contribution in [-0.4, -0.2) is 21.8 Å². The minimum atomic E-state index is 0.0236. The molecule has 2 rings (SSSR count). The van der Waals surface area contributed by atoms with Gasteiger partial charge in [-0.2, -0.15) is 0 Å². The number of carbonyl (C=O) groups is 1. The highest BCUT2D eigenvalue weighted by Crippen LogP contribution is 2.24. The van der Waals surface area contributed by atoms with E-state index in [9.17, 15) is 4.79 Å². The minimum absolute atomic E-state index is 0.0236. The predicted molar refractivity (Wildman–Crippen MR) is 64.6 cm³/mol. The number of hydrogen-bond acceptors (Lipinski definition) is 3. The topological polar surface area (TPSA) is 42.0 Å². The Morgan fingerprint density at radius 1 is 1.47 bits per heavy atom. The summed E-state index contributed by atoms with van der Waals surface area (Å²) in [4.78, 5) is 16.9. The van der Waals surface area contributed by atoms with Crippen LogP contribution in [0.2, 0.25) is 0 Å². The van der Waals surface area contributed by atoms with Gasteiger partial charge in [-0.05, 0) is 25.7 Å². The molecule has 1 amide bonds. The highest BCUT2D eigenvalue weighted by Gasteiger charge is 2.21. The van der Waals surface area contributed by atoms with Gasteiger partial charge in [-0.1, -0.05) is 15.9 Å². The molecule has 1 aliphatic rings. The van der Waals surface area contributed by atoms with Gasteiger partial charge in [0, 0.05) is 10.9 Å². The van der Waals surface area contributed by atoms with E-state index >= 15 is 0 Å². The minimum Gasteiger partial charge on any atom is -0.349 e. The zero-order chi connectivity index (χ0) is 10.7. The molecule has 82 valence electrons. The van der Waals surface area contributed by atoms with E-state index in [4.69, 9.17) is 0 Å². The maximum absolute atomic E-state index is 11.7. The lowest BCUT2D eigenvalue weighted by Crippen LogP contribution is -2.37. The van der Waals surface area contributed by atoms with Crippen LogP contribution in [0.1, 0.15) is 35.4 Å². The molecule has 1 aromatic rings. The fourth-order valence-corrected chi connectivity index (χ4v) is 2.83. The van der Waals surface area contributed by atoms with Gasteiger partial charge in [-0.25, -0.2) is 0 Å². The Hall–Kier alpha value is -0.420. The third-order valence-corrected chi connectivity index (χ3v) is 4.34. The van der Waals surface area contributed by atoms with Gasteiger partial charge >= 0.3 is 0 Å². The summed E-state index contributed by atoms with van der Waals surface area (Å²) in [5, 5.41) is 3.05. The van der Waals surface area contributed by atoms with Crippen molar-refractivity contribution in [1.29, 1.82) is 0 Å². The molecule has 1 aromatic heterocycles. The molecule has 0 unspecified atom stereocenters. The van der Waals surface area contributed by atoms with E-state index in [1.54, 1.807) is 11.7 Å². The van der Waals surface area contributed by atoms with Crippen molar-refractivity contribution in [2.45, 2.75) is 36.6 Å². The number of nitrogens with zero attached hydrogens (tertiary/aromatic N) is 1. The van der Waals surface area contributed by atoms with Gasteiger partial charge in [-0.3, -0.25) is 9.78 Å². The Labute approximate surface area is 101 Å². The van der Waals surface area contributed by atoms with E-state index < -0.39 is 0 Å². The second kappa shape index (κ2) is 5.07. The van der Waals surface area contributed by atoms with Crippen LogP contribution in [-0.2, 0) is 0 Å². The van der Waals surface area contributed by atoms with Crippen molar-refractivity contribution in [1.82, 2.24) is 10.3 Å². The molecule has 0 aromatic carbocycles. The van der Waals surface area contributed by atoms with Gasteiger partial charge in [0.25, 0.3) is 5.91 Å². The smallest absolute Gasteiger partial charge is 0.263 e. The highest BCUT2D eigenvalue weighted by atomic mass is 79.9. The van der Waals surface area contributed by atoms with Crippen LogP contribution in [0.4, 0.5) is 0 Å². The zero-order valence-electron chi connectivity index (χ0n) is 8.28. The van der Waals surface area contributed by atoms with Gasteiger partial charge in [0.15, 0.2) is 0 Å². The maximum Gasteiger partial charge on any atom is 0.263 e. The molecule has 1 aliphatic carbocycles. The van der Waals surface area contributed by atoms with Gasteiger partial charge in [0.05, 0.1) is 11.7 Å². The van der Waals surface area contributed by atoms with E-state index in [-0.39, 0.29) is 5.91 Å². The van der Waals surface area contributed by atoms with Gasteiger partial charge < -0.3 is 5.32 Å². The van der Waals surface area contributed by atoms with Crippen molar-refractivity contribution in [3.05, 3.63) is 16.6 Å². The summed E-state index contributed by atoms with van der Waals surface area (Å²) < 4.78 is 0. The third kappa shape index (κ3) is 3.01. The highest BCUT2D eigenvalue weighted by molar-refractivity contribution is 9.09. The molecule has 0 radical (unpaired) electrons. The van der Waals surface area contributed by atoms with E-state index in [1.807, 2.05) is 0 Å². The van der Waals surface area contributed by atoms with Gasteiger partial charge in [0.2, 0.25) is 0 Å². The molecular formula is C10H13BrN2OS. The second-order valence-electron chi connectivity index (χ2n) is 3.79. The number of aromatic nitrogens is 1. The number of nitrogens with one attached hydrogen (secondary N) is 1. The molecule has 5 heteroatoms. The first-order valence-corrected chi connectivity index (χ1v) is 6.88. The van der Waals surface area contributed by atoms with Crippen LogP contribution < -0.4 is 5.32 Å². The van der Waals surface area contributed by atoms with Crippen molar-refractivity contribution >= 4 is 33.2 Å². The predicted octanol–water partition coefficient (Wildman–Crippen LogP) is 2.58. The van der Waals surface area contributed by atoms with Crippen molar-refractivity contribution in [3.63, 3.8) is 0 Å². The monoisotopic (exact) mass is 288 g/mol. The summed E-state index contributed by atoms with van der Waals surface area (Å²) in [7, 11) is 0. The van der Waals surface area contributed by atoms with E-state index in [0.29, 0.717) is 15.7 Å². The van der Waals surface area contributed by atoms with E-state index in [0.717, 1.165) is 25.7 Å². The summed E-state index contributed by atoms with van der Waals surface area (Å²) in [6.45, 7) is 0. The van der Waals surface area contributed by atoms with Crippen LogP contribution in [0.25, 0.3) is 0 Å². The van der Waals surface area contributed by atoms with Crippen molar-refractivity contribution < 1.29 is 4.79 Å². The summed E-state index contributed by atoms with van der Waals surface area (Å²) in [5.74, 6) is 0.0236. The first kappa shape index (κ1) is 11.1. The van der Waals surface area contributed by atoms with Gasteiger partial charge in [0.1, 0.15) is 4.88 Å². The fourth-order valence-electron chi connectivity index (χ4n) is 1.78. The number of alkyl halides is 1. The van der Waals surface area contributed by atoms with Crippen LogP contribution >= 0.6 is 27.3 Å². The number of amides is 1. The molecule has 1 fully saturated rings. The Bertz CT molecular complexity index is 320. The van der Waals surface area contributed by atoms with E-state index in [1.165, 1.54) is 11.3 Å². The molecule has 0 aliphatic heterocycles. The largest absolute Gasteiger partial charge is 0.349 e. The maximum atomic E-state index is 11.7. The average molecular weight is 289 g/mol. The van der Waals surface area contributed by atoms with Crippen LogP contribution in [0.15, 0.2) is 11.7 Å². The summed E-state index contributed by atoms with van der Waals surface area (Å²) in [6.07, 6.45) is 6.05. The molecule has 0 bridgehead atoms. The van der Waals surface area contributed by atoms with Gasteiger partial charge in [-0.15, -0.1) is 11.3 Å². The fraction of sp³-hybridized carbons (Fsp3) is 0.600. The number of halogens is 1.